The molecule has 1 unspecified atom stereocenters. The summed E-state index contributed by atoms with van der Waals surface area (Å²) >= 11 is 0. The van der Waals surface area contributed by atoms with Gasteiger partial charge in [0, 0.05) is 38.4 Å². The fraction of sp³-hybridized carbons (Fsp3) is 0.471. The molecule has 0 N–H and O–H groups in total. The van der Waals surface area contributed by atoms with Crippen molar-refractivity contribution < 1.29 is 21.1 Å². The fourth-order valence-corrected chi connectivity index (χ4v) is 2.59. The molecule has 1 aromatic carbocycles. The maximum atomic E-state index is 4.77. The van der Waals surface area contributed by atoms with E-state index in [0.717, 1.165) is 12.1 Å². The number of hydrogen-bond donors (Lipinski definition) is 0. The Balaban J connectivity index is 0.00000200. The smallest absolute Gasteiger partial charge is 0.0675 e. The molecule has 0 aliphatic rings. The van der Waals surface area contributed by atoms with E-state index in [1.165, 1.54) is 16.8 Å². The van der Waals surface area contributed by atoms with E-state index in [4.69, 9.17) is 5.10 Å². The van der Waals surface area contributed by atoms with Crippen LogP contribution in [0.2, 0.25) is 0 Å². The number of benzene rings is 1. The molecule has 0 amide bonds. The van der Waals surface area contributed by atoms with Crippen molar-refractivity contribution in [2.24, 2.45) is 0 Å². The van der Waals surface area contributed by atoms with E-state index >= 15 is 0 Å². The summed E-state index contributed by atoms with van der Waals surface area (Å²) in [6, 6.07) is 11.0. The van der Waals surface area contributed by atoms with Crippen LogP contribution in [0.5, 0.6) is 0 Å². The first kappa shape index (κ1) is 17.2. The van der Waals surface area contributed by atoms with E-state index in [9.17, 15) is 0 Å². The molecule has 2 nitrogen and oxygen atoms in total. The Hall–Kier alpha value is -0.882. The van der Waals surface area contributed by atoms with Gasteiger partial charge in [0.2, 0.25) is 0 Å². The Morgan fingerprint density at radius 2 is 1.70 bits per heavy atom. The van der Waals surface area contributed by atoms with Gasteiger partial charge in [0.25, 0.3) is 0 Å². The second-order valence-electron chi connectivity index (χ2n) is 5.56. The summed E-state index contributed by atoms with van der Waals surface area (Å²) < 4.78 is 2.20. The van der Waals surface area contributed by atoms with E-state index in [2.05, 4.69) is 69.6 Å². The maximum absolute atomic E-state index is 4.77. The third-order valence-corrected chi connectivity index (χ3v) is 3.75. The van der Waals surface area contributed by atoms with Crippen LogP contribution >= 0.6 is 0 Å². The van der Waals surface area contributed by atoms with Crippen molar-refractivity contribution in [2.45, 2.75) is 53.0 Å². The van der Waals surface area contributed by atoms with Crippen molar-refractivity contribution in [1.29, 1.82) is 0 Å². The van der Waals surface area contributed by atoms with Crippen molar-refractivity contribution in [3.63, 3.8) is 0 Å². The minimum atomic E-state index is 0. The molecule has 2 rings (SSSR count). The molecule has 0 fully saturated rings. The molecule has 0 aliphatic carbocycles. The van der Waals surface area contributed by atoms with Crippen LogP contribution < -0.4 is 0 Å². The van der Waals surface area contributed by atoms with Gasteiger partial charge in [-0.15, -0.1) is 0 Å². The second-order valence-corrected chi connectivity index (χ2v) is 5.56. The molecule has 0 saturated heterocycles. The summed E-state index contributed by atoms with van der Waals surface area (Å²) in [7, 11) is 0. The minimum Gasteiger partial charge on any atom is -0.266 e. The fourth-order valence-electron chi connectivity index (χ4n) is 2.59. The molecule has 20 heavy (non-hydrogen) atoms. The molecule has 0 radical (unpaired) electrons. The van der Waals surface area contributed by atoms with E-state index in [1.54, 1.807) is 0 Å². The third-order valence-electron chi connectivity index (χ3n) is 3.75. The number of hydrogen-bond acceptors (Lipinski definition) is 1. The zero-order valence-electron chi connectivity index (χ0n) is 13.0. The molecule has 1 aromatic heterocycles. The van der Waals surface area contributed by atoms with Gasteiger partial charge in [-0.2, -0.15) is 5.10 Å². The van der Waals surface area contributed by atoms with Crippen LogP contribution in [-0.4, -0.2) is 9.78 Å². The number of rotatable bonds is 4. The molecule has 112 valence electrons. The summed E-state index contributed by atoms with van der Waals surface area (Å²) in [4.78, 5) is 0. The number of aromatic nitrogens is 2. The summed E-state index contributed by atoms with van der Waals surface area (Å²) in [6.07, 6.45) is 1.14. The summed E-state index contributed by atoms with van der Waals surface area (Å²) in [5.74, 6) is 0.527. The summed E-state index contributed by atoms with van der Waals surface area (Å²) in [5.41, 5.74) is 5.11. The van der Waals surface area contributed by atoms with Crippen LogP contribution in [0.1, 0.15) is 57.5 Å². The van der Waals surface area contributed by atoms with Crippen LogP contribution in [0.25, 0.3) is 11.1 Å². The third kappa shape index (κ3) is 3.23. The van der Waals surface area contributed by atoms with E-state index in [0.29, 0.717) is 12.0 Å². The largest absolute Gasteiger partial charge is 0.266 e. The zero-order chi connectivity index (χ0) is 14.0. The second kappa shape index (κ2) is 7.22. The topological polar surface area (TPSA) is 17.8 Å². The molecule has 0 saturated carbocycles. The number of nitrogens with zero attached hydrogens (tertiary/aromatic N) is 2. The Labute approximate surface area is 136 Å². The molecule has 3 heteroatoms. The van der Waals surface area contributed by atoms with Crippen LogP contribution in [0.4, 0.5) is 0 Å². The molecule has 0 spiro atoms. The Morgan fingerprint density at radius 1 is 1.10 bits per heavy atom. The maximum Gasteiger partial charge on any atom is 0.0675 e. The first-order valence-electron chi connectivity index (χ1n) is 7.20. The molecule has 0 bridgehead atoms. The van der Waals surface area contributed by atoms with Crippen LogP contribution in [0.15, 0.2) is 30.3 Å². The average molecular weight is 451 g/mol. The van der Waals surface area contributed by atoms with Gasteiger partial charge in [-0.1, -0.05) is 44.2 Å². The molecule has 0 aliphatic heterocycles. The number of aryl methyl sites for hydroxylation is 1. The van der Waals surface area contributed by atoms with Gasteiger partial charge in [-0.05, 0) is 38.7 Å². The van der Waals surface area contributed by atoms with Gasteiger partial charge in [-0.3, -0.25) is 4.68 Å². The van der Waals surface area contributed by atoms with Gasteiger partial charge in [0.1, 0.15) is 0 Å². The van der Waals surface area contributed by atoms with E-state index in [1.807, 2.05) is 0 Å². The molecule has 2 aromatic rings. The van der Waals surface area contributed by atoms with Crippen molar-refractivity contribution in [3.05, 3.63) is 41.7 Å². The van der Waals surface area contributed by atoms with Gasteiger partial charge >= 0.3 is 0 Å². The SMILES string of the molecule is CCC(C)c1c(-c2ccccc2)c(C)nn1C(C)C.[Pt]. The standard InChI is InChI=1S/C17H24N2.Pt/c1-6-13(4)17-16(15-10-8-7-9-11-15)14(5)18-19(17)12(2)3;/h7-13H,6H2,1-5H3;. The molecular weight excluding hydrogens is 427 g/mol. The van der Waals surface area contributed by atoms with E-state index in [-0.39, 0.29) is 21.1 Å². The monoisotopic (exact) mass is 451 g/mol. The minimum absolute atomic E-state index is 0. The average Bonchev–Trinajstić information content (AvgIpc) is 2.76. The van der Waals surface area contributed by atoms with E-state index < -0.39 is 0 Å². The van der Waals surface area contributed by atoms with Gasteiger partial charge in [0.05, 0.1) is 5.69 Å². The van der Waals surface area contributed by atoms with Crippen LogP contribution in [-0.2, 0) is 21.1 Å². The van der Waals surface area contributed by atoms with Crippen molar-refractivity contribution >= 4 is 0 Å². The first-order chi connectivity index (χ1) is 9.06. The zero-order valence-corrected chi connectivity index (χ0v) is 15.2. The predicted octanol–water partition coefficient (Wildman–Crippen LogP) is 4.95. The molecule has 1 atom stereocenters. The Morgan fingerprint density at radius 3 is 2.20 bits per heavy atom. The Bertz CT molecular complexity index is 544. The van der Waals surface area contributed by atoms with Gasteiger partial charge < -0.3 is 0 Å². The summed E-state index contributed by atoms with van der Waals surface area (Å²) in [6.45, 7) is 11.1. The Kier molecular flexibility index (Phi) is 6.20. The van der Waals surface area contributed by atoms with Crippen LogP contribution in [0, 0.1) is 6.92 Å². The predicted molar refractivity (Wildman–Crippen MR) is 81.5 cm³/mol. The van der Waals surface area contributed by atoms with Crippen molar-refractivity contribution in [2.75, 3.05) is 0 Å². The normalized spacial score (nSPS) is 12.3. The van der Waals surface area contributed by atoms with Gasteiger partial charge in [-0.25, -0.2) is 0 Å². The van der Waals surface area contributed by atoms with Crippen molar-refractivity contribution in [1.82, 2.24) is 9.78 Å². The summed E-state index contributed by atoms with van der Waals surface area (Å²) in [5, 5.41) is 4.77. The quantitative estimate of drug-likeness (QED) is 0.643. The molecule has 1 heterocycles. The van der Waals surface area contributed by atoms with Crippen LogP contribution in [0.3, 0.4) is 0 Å². The molecular formula is C17H24N2Pt. The van der Waals surface area contributed by atoms with Gasteiger partial charge in [0.15, 0.2) is 0 Å². The first-order valence-corrected chi connectivity index (χ1v) is 7.20. The van der Waals surface area contributed by atoms with Crippen molar-refractivity contribution in [3.8, 4) is 11.1 Å².